The van der Waals surface area contributed by atoms with Gasteiger partial charge in [0.25, 0.3) is 5.56 Å². The topological polar surface area (TPSA) is 64.1 Å². The van der Waals surface area contributed by atoms with E-state index in [2.05, 4.69) is 37.0 Å². The number of nitrogens with zero attached hydrogens (tertiary/aromatic N) is 1. The summed E-state index contributed by atoms with van der Waals surface area (Å²) in [7, 11) is 0. The fourth-order valence-corrected chi connectivity index (χ4v) is 2.56. The second kappa shape index (κ2) is 8.36. The maximum atomic E-state index is 11.5. The standard InChI is InChI=1S/C18H24N2O3/c1-14-11-15(2)13-16(12-14)23-10-6-4-3-5-8-20-9-7-17(21)19-18(20)22/h7,9,11-13H,3-6,8,10H2,1-2H3,(H,19,21,22). The third kappa shape index (κ3) is 5.77. The second-order valence-corrected chi connectivity index (χ2v) is 5.89. The molecule has 0 aliphatic heterocycles. The van der Waals surface area contributed by atoms with Gasteiger partial charge in [-0.25, -0.2) is 4.79 Å². The maximum absolute atomic E-state index is 11.5. The Bertz CT molecular complexity index is 726. The molecule has 0 amide bonds. The Morgan fingerprint density at radius 3 is 2.39 bits per heavy atom. The average Bonchev–Trinajstić information content (AvgIpc) is 2.47. The highest BCUT2D eigenvalue weighted by atomic mass is 16.5. The first-order chi connectivity index (χ1) is 11.0. The molecule has 0 radical (unpaired) electrons. The lowest BCUT2D eigenvalue weighted by Gasteiger charge is -2.08. The highest BCUT2D eigenvalue weighted by molar-refractivity contribution is 5.32. The largest absolute Gasteiger partial charge is 0.494 e. The molecule has 0 unspecified atom stereocenters. The van der Waals surface area contributed by atoms with Crippen LogP contribution in [0.25, 0.3) is 0 Å². The molecule has 0 bridgehead atoms. The molecule has 124 valence electrons. The van der Waals surface area contributed by atoms with Crippen LogP contribution in [0.15, 0.2) is 40.1 Å². The van der Waals surface area contributed by atoms with Gasteiger partial charge in [-0.3, -0.25) is 9.78 Å². The molecule has 2 aromatic rings. The molecule has 1 aromatic heterocycles. The van der Waals surface area contributed by atoms with E-state index in [1.165, 1.54) is 21.8 Å². The number of ether oxygens (including phenoxy) is 1. The van der Waals surface area contributed by atoms with Crippen LogP contribution in [0.2, 0.25) is 0 Å². The van der Waals surface area contributed by atoms with E-state index in [0.717, 1.165) is 31.4 Å². The minimum absolute atomic E-state index is 0.337. The summed E-state index contributed by atoms with van der Waals surface area (Å²) in [4.78, 5) is 24.7. The Kier molecular flexibility index (Phi) is 6.20. The Morgan fingerprint density at radius 2 is 1.70 bits per heavy atom. The molecule has 0 spiro atoms. The van der Waals surface area contributed by atoms with Crippen LogP contribution >= 0.6 is 0 Å². The molecule has 5 heteroatoms. The Labute approximate surface area is 135 Å². The molecule has 2 rings (SSSR count). The van der Waals surface area contributed by atoms with Gasteiger partial charge in [0, 0.05) is 18.8 Å². The van der Waals surface area contributed by atoms with Gasteiger partial charge < -0.3 is 9.30 Å². The van der Waals surface area contributed by atoms with Crippen LogP contribution in [-0.4, -0.2) is 16.2 Å². The van der Waals surface area contributed by atoms with Crippen LogP contribution < -0.4 is 16.0 Å². The molecule has 0 saturated carbocycles. The van der Waals surface area contributed by atoms with E-state index >= 15 is 0 Å². The lowest BCUT2D eigenvalue weighted by Crippen LogP contribution is -2.28. The summed E-state index contributed by atoms with van der Waals surface area (Å²) in [6.07, 6.45) is 5.54. The molecule has 1 heterocycles. The van der Waals surface area contributed by atoms with E-state index in [1.54, 1.807) is 6.20 Å². The number of hydrogen-bond donors (Lipinski definition) is 1. The third-order valence-corrected chi connectivity index (χ3v) is 3.65. The van der Waals surface area contributed by atoms with Crippen molar-refractivity contribution in [1.29, 1.82) is 0 Å². The van der Waals surface area contributed by atoms with Gasteiger partial charge in [0.1, 0.15) is 5.75 Å². The van der Waals surface area contributed by atoms with Crippen molar-refractivity contribution in [1.82, 2.24) is 9.55 Å². The van der Waals surface area contributed by atoms with Crippen LogP contribution in [0.4, 0.5) is 0 Å². The Balaban J connectivity index is 1.62. The van der Waals surface area contributed by atoms with E-state index in [0.29, 0.717) is 13.2 Å². The zero-order chi connectivity index (χ0) is 16.7. The van der Waals surface area contributed by atoms with Crippen molar-refractivity contribution in [3.63, 3.8) is 0 Å². The number of rotatable bonds is 8. The number of aromatic nitrogens is 2. The molecule has 1 aromatic carbocycles. The van der Waals surface area contributed by atoms with Gasteiger partial charge in [-0.15, -0.1) is 0 Å². The lowest BCUT2D eigenvalue weighted by molar-refractivity contribution is 0.303. The SMILES string of the molecule is Cc1cc(C)cc(OCCCCCCn2ccc(=O)[nH]c2=O)c1. The Hall–Kier alpha value is -2.30. The van der Waals surface area contributed by atoms with Gasteiger partial charge in [-0.1, -0.05) is 18.9 Å². The van der Waals surface area contributed by atoms with Gasteiger partial charge in [0.05, 0.1) is 6.61 Å². The molecule has 0 aliphatic rings. The number of nitrogens with one attached hydrogen (secondary N) is 1. The second-order valence-electron chi connectivity index (χ2n) is 5.89. The van der Waals surface area contributed by atoms with Crippen LogP contribution in [-0.2, 0) is 6.54 Å². The van der Waals surface area contributed by atoms with Crippen molar-refractivity contribution in [3.05, 3.63) is 62.4 Å². The van der Waals surface area contributed by atoms with E-state index in [9.17, 15) is 9.59 Å². The number of hydrogen-bond acceptors (Lipinski definition) is 3. The highest BCUT2D eigenvalue weighted by Crippen LogP contribution is 2.16. The fourth-order valence-electron chi connectivity index (χ4n) is 2.56. The van der Waals surface area contributed by atoms with Crippen molar-refractivity contribution in [2.24, 2.45) is 0 Å². The molecular weight excluding hydrogens is 292 g/mol. The number of aromatic amines is 1. The number of unbranched alkanes of at least 4 members (excludes halogenated alkanes) is 3. The maximum Gasteiger partial charge on any atom is 0.328 e. The van der Waals surface area contributed by atoms with Gasteiger partial charge in [-0.2, -0.15) is 0 Å². The average molecular weight is 316 g/mol. The minimum atomic E-state index is -0.352. The summed E-state index contributed by atoms with van der Waals surface area (Å²) in [5, 5.41) is 0. The normalized spacial score (nSPS) is 10.7. The molecule has 23 heavy (non-hydrogen) atoms. The predicted octanol–water partition coefficient (Wildman–Crippen LogP) is 2.79. The quantitative estimate of drug-likeness (QED) is 0.762. The zero-order valence-corrected chi connectivity index (χ0v) is 13.8. The van der Waals surface area contributed by atoms with E-state index < -0.39 is 0 Å². The van der Waals surface area contributed by atoms with Crippen molar-refractivity contribution in [2.45, 2.75) is 46.1 Å². The van der Waals surface area contributed by atoms with Gasteiger partial charge in [0.2, 0.25) is 0 Å². The first-order valence-electron chi connectivity index (χ1n) is 8.05. The van der Waals surface area contributed by atoms with Gasteiger partial charge in [0.15, 0.2) is 0 Å². The number of aryl methyl sites for hydroxylation is 3. The molecule has 0 aliphatic carbocycles. The first-order valence-corrected chi connectivity index (χ1v) is 8.05. The molecular formula is C18H24N2O3. The zero-order valence-electron chi connectivity index (χ0n) is 13.8. The van der Waals surface area contributed by atoms with Crippen LogP contribution in [0, 0.1) is 13.8 Å². The predicted molar refractivity (Wildman–Crippen MR) is 91.2 cm³/mol. The third-order valence-electron chi connectivity index (χ3n) is 3.65. The van der Waals surface area contributed by atoms with Gasteiger partial charge >= 0.3 is 5.69 Å². The van der Waals surface area contributed by atoms with Crippen LogP contribution in [0.5, 0.6) is 5.75 Å². The van der Waals surface area contributed by atoms with Crippen molar-refractivity contribution >= 4 is 0 Å². The first kappa shape index (κ1) is 17.1. The summed E-state index contributed by atoms with van der Waals surface area (Å²) < 4.78 is 7.31. The molecule has 5 nitrogen and oxygen atoms in total. The summed E-state index contributed by atoms with van der Waals surface area (Å²) in [5.74, 6) is 0.933. The van der Waals surface area contributed by atoms with Crippen LogP contribution in [0.3, 0.4) is 0 Å². The van der Waals surface area contributed by atoms with E-state index in [-0.39, 0.29) is 11.2 Å². The summed E-state index contributed by atoms with van der Waals surface area (Å²) in [6.45, 7) is 5.48. The summed E-state index contributed by atoms with van der Waals surface area (Å²) in [5.41, 5.74) is 1.74. The van der Waals surface area contributed by atoms with Crippen molar-refractivity contribution < 1.29 is 4.74 Å². The van der Waals surface area contributed by atoms with Crippen LogP contribution in [0.1, 0.15) is 36.8 Å². The lowest BCUT2D eigenvalue weighted by atomic mass is 10.1. The summed E-state index contributed by atoms with van der Waals surface area (Å²) in [6, 6.07) is 7.61. The smallest absolute Gasteiger partial charge is 0.328 e. The van der Waals surface area contributed by atoms with Crippen molar-refractivity contribution in [3.8, 4) is 5.75 Å². The number of H-pyrrole nitrogens is 1. The van der Waals surface area contributed by atoms with Crippen molar-refractivity contribution in [2.75, 3.05) is 6.61 Å². The van der Waals surface area contributed by atoms with E-state index in [1.807, 2.05) is 0 Å². The molecule has 0 saturated heterocycles. The minimum Gasteiger partial charge on any atom is -0.494 e. The van der Waals surface area contributed by atoms with E-state index in [4.69, 9.17) is 4.74 Å². The summed E-state index contributed by atoms with van der Waals surface area (Å²) >= 11 is 0. The molecule has 0 fully saturated rings. The monoisotopic (exact) mass is 316 g/mol. The fraction of sp³-hybridized carbons (Fsp3) is 0.444. The molecule has 1 N–H and O–H groups in total. The Morgan fingerprint density at radius 1 is 1.00 bits per heavy atom. The molecule has 0 atom stereocenters. The van der Waals surface area contributed by atoms with Gasteiger partial charge in [-0.05, 0) is 49.9 Å². The highest BCUT2D eigenvalue weighted by Gasteiger charge is 1.99. The number of benzene rings is 1.